The monoisotopic (exact) mass is 238 g/mol. The third-order valence-electron chi connectivity index (χ3n) is 5.20. The Bertz CT molecular complexity index is 247. The predicted molar refractivity (Wildman–Crippen MR) is 74.2 cm³/mol. The maximum absolute atomic E-state index is 3.76. The topological polar surface area (TPSA) is 15.3 Å². The summed E-state index contributed by atoms with van der Waals surface area (Å²) in [5, 5.41) is 3.76. The van der Waals surface area contributed by atoms with Gasteiger partial charge in [-0.25, -0.2) is 0 Å². The van der Waals surface area contributed by atoms with Crippen molar-refractivity contribution in [3.05, 3.63) is 0 Å². The number of hydrogen-bond acceptors (Lipinski definition) is 2. The van der Waals surface area contributed by atoms with Crippen LogP contribution in [0.15, 0.2) is 0 Å². The van der Waals surface area contributed by atoms with Crippen LogP contribution in [-0.2, 0) is 0 Å². The second-order valence-corrected chi connectivity index (χ2v) is 6.78. The van der Waals surface area contributed by atoms with Crippen LogP contribution in [0.5, 0.6) is 0 Å². The minimum Gasteiger partial charge on any atom is -0.311 e. The van der Waals surface area contributed by atoms with Crippen molar-refractivity contribution in [1.82, 2.24) is 10.2 Å². The van der Waals surface area contributed by atoms with Crippen molar-refractivity contribution >= 4 is 0 Å². The van der Waals surface area contributed by atoms with E-state index >= 15 is 0 Å². The van der Waals surface area contributed by atoms with Gasteiger partial charge in [-0.2, -0.15) is 0 Å². The van der Waals surface area contributed by atoms with E-state index in [0.29, 0.717) is 11.6 Å². The Morgan fingerprint density at radius 1 is 1.35 bits per heavy atom. The van der Waals surface area contributed by atoms with Crippen LogP contribution in [-0.4, -0.2) is 36.1 Å². The fourth-order valence-electron chi connectivity index (χ4n) is 3.06. The van der Waals surface area contributed by atoms with Crippen molar-refractivity contribution in [2.45, 2.75) is 65.0 Å². The molecule has 2 nitrogen and oxygen atoms in total. The van der Waals surface area contributed by atoms with Crippen LogP contribution < -0.4 is 5.32 Å². The van der Waals surface area contributed by atoms with Gasteiger partial charge in [-0.05, 0) is 38.0 Å². The maximum Gasteiger partial charge on any atom is 0.0304 e. The van der Waals surface area contributed by atoms with E-state index in [-0.39, 0.29) is 0 Å². The molecule has 2 aliphatic rings. The third kappa shape index (κ3) is 2.85. The zero-order chi connectivity index (χ0) is 12.5. The van der Waals surface area contributed by atoms with Crippen molar-refractivity contribution in [2.24, 2.45) is 11.8 Å². The quantitative estimate of drug-likeness (QED) is 0.810. The Morgan fingerprint density at radius 3 is 2.53 bits per heavy atom. The zero-order valence-electron chi connectivity index (χ0n) is 12.1. The first-order valence-electron chi connectivity index (χ1n) is 7.53. The van der Waals surface area contributed by atoms with Gasteiger partial charge in [0.15, 0.2) is 0 Å². The zero-order valence-corrected chi connectivity index (χ0v) is 12.1. The Kier molecular flexibility index (Phi) is 4.14. The van der Waals surface area contributed by atoms with Gasteiger partial charge in [0.25, 0.3) is 0 Å². The number of nitrogens with one attached hydrogen (secondary N) is 1. The van der Waals surface area contributed by atoms with E-state index in [9.17, 15) is 0 Å². The highest BCUT2D eigenvalue weighted by atomic mass is 15.3. The van der Waals surface area contributed by atoms with E-state index in [4.69, 9.17) is 0 Å². The van der Waals surface area contributed by atoms with Gasteiger partial charge in [0, 0.05) is 31.2 Å². The molecule has 17 heavy (non-hydrogen) atoms. The first-order valence-corrected chi connectivity index (χ1v) is 7.53. The highest BCUT2D eigenvalue weighted by Gasteiger charge is 2.38. The fourth-order valence-corrected chi connectivity index (χ4v) is 3.06. The molecule has 0 bridgehead atoms. The van der Waals surface area contributed by atoms with E-state index in [2.05, 4.69) is 37.9 Å². The number of nitrogens with zero attached hydrogens (tertiary/aromatic N) is 1. The lowest BCUT2D eigenvalue weighted by atomic mass is 9.82. The third-order valence-corrected chi connectivity index (χ3v) is 5.20. The van der Waals surface area contributed by atoms with Gasteiger partial charge >= 0.3 is 0 Å². The average molecular weight is 238 g/mol. The first-order chi connectivity index (χ1) is 8.05. The van der Waals surface area contributed by atoms with Gasteiger partial charge < -0.3 is 5.32 Å². The molecule has 0 spiro atoms. The molecule has 1 N–H and O–H groups in total. The lowest BCUT2D eigenvalue weighted by molar-refractivity contribution is 0.0146. The Morgan fingerprint density at radius 2 is 2.06 bits per heavy atom. The van der Waals surface area contributed by atoms with Crippen molar-refractivity contribution in [3.8, 4) is 0 Å². The smallest absolute Gasteiger partial charge is 0.0304 e. The summed E-state index contributed by atoms with van der Waals surface area (Å²) in [4.78, 5) is 2.79. The second kappa shape index (κ2) is 5.27. The van der Waals surface area contributed by atoms with Crippen LogP contribution in [0.25, 0.3) is 0 Å². The van der Waals surface area contributed by atoms with E-state index in [1.807, 2.05) is 0 Å². The summed E-state index contributed by atoms with van der Waals surface area (Å²) in [7, 11) is 0. The summed E-state index contributed by atoms with van der Waals surface area (Å²) in [6.07, 6.45) is 5.66. The van der Waals surface area contributed by atoms with Crippen molar-refractivity contribution < 1.29 is 0 Å². The molecular formula is C15H30N2. The molecule has 0 aromatic heterocycles. The largest absolute Gasteiger partial charge is 0.311 e. The Balaban J connectivity index is 1.98. The van der Waals surface area contributed by atoms with Crippen molar-refractivity contribution in [3.63, 3.8) is 0 Å². The summed E-state index contributed by atoms with van der Waals surface area (Å²) in [6.45, 7) is 13.2. The Labute approximate surface area is 107 Å². The second-order valence-electron chi connectivity index (χ2n) is 6.78. The fraction of sp³-hybridized carbons (Fsp3) is 1.00. The lowest BCUT2D eigenvalue weighted by Gasteiger charge is -2.50. The lowest BCUT2D eigenvalue weighted by Crippen LogP contribution is -2.65. The molecule has 1 aliphatic heterocycles. The van der Waals surface area contributed by atoms with Gasteiger partial charge in [-0.1, -0.05) is 27.2 Å². The summed E-state index contributed by atoms with van der Waals surface area (Å²) < 4.78 is 0. The SMILES string of the molecule is CCC1(C)CNC(C(C)C)CN1CC1CCC1. The molecule has 2 unspecified atom stereocenters. The van der Waals surface area contributed by atoms with E-state index in [1.165, 1.54) is 45.3 Å². The number of rotatable bonds is 4. The standard InChI is InChI=1S/C15H30N2/c1-5-15(4)11-16-14(12(2)3)10-17(15)9-13-7-6-8-13/h12-14,16H,5-11H2,1-4H3. The normalized spacial score (nSPS) is 36.2. The van der Waals surface area contributed by atoms with Crippen molar-refractivity contribution in [1.29, 1.82) is 0 Å². The van der Waals surface area contributed by atoms with Crippen LogP contribution in [0.3, 0.4) is 0 Å². The Hall–Kier alpha value is -0.0800. The van der Waals surface area contributed by atoms with Gasteiger partial charge in [0.2, 0.25) is 0 Å². The summed E-state index contributed by atoms with van der Waals surface area (Å²) >= 11 is 0. The van der Waals surface area contributed by atoms with Crippen molar-refractivity contribution in [2.75, 3.05) is 19.6 Å². The molecular weight excluding hydrogens is 208 g/mol. The molecule has 1 heterocycles. The minimum atomic E-state index is 0.390. The van der Waals surface area contributed by atoms with Gasteiger partial charge in [0.05, 0.1) is 0 Å². The molecule has 0 amide bonds. The molecule has 2 atom stereocenters. The predicted octanol–water partition coefficient (Wildman–Crippen LogP) is 2.89. The highest BCUT2D eigenvalue weighted by Crippen LogP contribution is 2.32. The molecule has 1 saturated heterocycles. The molecule has 0 aromatic rings. The summed E-state index contributed by atoms with van der Waals surface area (Å²) in [6, 6.07) is 0.690. The minimum absolute atomic E-state index is 0.390. The summed E-state index contributed by atoms with van der Waals surface area (Å²) in [5.74, 6) is 1.74. The van der Waals surface area contributed by atoms with Gasteiger partial charge in [0.1, 0.15) is 0 Å². The molecule has 0 aromatic carbocycles. The first kappa shape index (κ1) is 13.4. The summed E-state index contributed by atoms with van der Waals surface area (Å²) in [5.41, 5.74) is 0.390. The average Bonchev–Trinajstić information content (AvgIpc) is 2.25. The van der Waals surface area contributed by atoms with Crippen LogP contribution in [0.1, 0.15) is 53.4 Å². The van der Waals surface area contributed by atoms with E-state index < -0.39 is 0 Å². The molecule has 1 saturated carbocycles. The molecule has 2 rings (SSSR count). The van der Waals surface area contributed by atoms with Crippen LogP contribution in [0.4, 0.5) is 0 Å². The van der Waals surface area contributed by atoms with Gasteiger partial charge in [-0.3, -0.25) is 4.90 Å². The molecule has 100 valence electrons. The van der Waals surface area contributed by atoms with Crippen LogP contribution in [0, 0.1) is 11.8 Å². The van der Waals surface area contributed by atoms with E-state index in [0.717, 1.165) is 11.8 Å². The molecule has 0 radical (unpaired) electrons. The maximum atomic E-state index is 3.76. The number of hydrogen-bond donors (Lipinski definition) is 1. The number of piperazine rings is 1. The van der Waals surface area contributed by atoms with Crippen LogP contribution >= 0.6 is 0 Å². The van der Waals surface area contributed by atoms with Crippen LogP contribution in [0.2, 0.25) is 0 Å². The molecule has 2 fully saturated rings. The molecule has 2 heteroatoms. The molecule has 1 aliphatic carbocycles. The highest BCUT2D eigenvalue weighted by molar-refractivity contribution is 4.97. The van der Waals surface area contributed by atoms with E-state index in [1.54, 1.807) is 0 Å². The van der Waals surface area contributed by atoms with Gasteiger partial charge in [-0.15, -0.1) is 0 Å².